The van der Waals surface area contributed by atoms with Gasteiger partial charge < -0.3 is 10.4 Å². The SMILES string of the molecule is Cc1cccc(C(=O)N[C@@H](CC(C)C)C(=O)O)c1. The fourth-order valence-electron chi connectivity index (χ4n) is 1.72. The number of carbonyl (C=O) groups excluding carboxylic acids is 1. The van der Waals surface area contributed by atoms with Crippen LogP contribution in [0, 0.1) is 12.8 Å². The molecule has 1 atom stereocenters. The fourth-order valence-corrected chi connectivity index (χ4v) is 1.72. The zero-order chi connectivity index (χ0) is 13.7. The number of aryl methyl sites for hydroxylation is 1. The number of carboxylic acids is 1. The lowest BCUT2D eigenvalue weighted by molar-refractivity contribution is -0.139. The van der Waals surface area contributed by atoms with Crippen molar-refractivity contribution in [2.45, 2.75) is 33.2 Å². The fraction of sp³-hybridized carbons (Fsp3) is 0.429. The Morgan fingerprint density at radius 2 is 2.00 bits per heavy atom. The highest BCUT2D eigenvalue weighted by Crippen LogP contribution is 2.08. The average Bonchev–Trinajstić information content (AvgIpc) is 2.27. The van der Waals surface area contributed by atoms with Crippen molar-refractivity contribution in [2.75, 3.05) is 0 Å². The Bertz CT molecular complexity index is 440. The Kier molecular flexibility index (Phi) is 4.89. The van der Waals surface area contributed by atoms with E-state index in [1.165, 1.54) is 0 Å². The molecule has 0 spiro atoms. The van der Waals surface area contributed by atoms with E-state index in [1.807, 2.05) is 26.8 Å². The Morgan fingerprint density at radius 1 is 1.33 bits per heavy atom. The predicted molar refractivity (Wildman–Crippen MR) is 69.5 cm³/mol. The van der Waals surface area contributed by atoms with Crippen LogP contribution < -0.4 is 5.32 Å². The number of hydrogen-bond donors (Lipinski definition) is 2. The number of nitrogens with one attached hydrogen (secondary N) is 1. The van der Waals surface area contributed by atoms with Gasteiger partial charge in [0.05, 0.1) is 0 Å². The summed E-state index contributed by atoms with van der Waals surface area (Å²) in [7, 11) is 0. The van der Waals surface area contributed by atoms with E-state index in [-0.39, 0.29) is 11.8 Å². The first-order valence-corrected chi connectivity index (χ1v) is 6.00. The van der Waals surface area contributed by atoms with Crippen molar-refractivity contribution < 1.29 is 14.7 Å². The molecule has 0 unspecified atom stereocenters. The summed E-state index contributed by atoms with van der Waals surface area (Å²) in [5, 5.41) is 11.6. The van der Waals surface area contributed by atoms with Crippen molar-refractivity contribution in [3.63, 3.8) is 0 Å². The molecule has 0 saturated carbocycles. The summed E-state index contributed by atoms with van der Waals surface area (Å²) in [4.78, 5) is 23.0. The van der Waals surface area contributed by atoms with Crippen molar-refractivity contribution in [3.05, 3.63) is 35.4 Å². The molecule has 0 bridgehead atoms. The molecule has 2 N–H and O–H groups in total. The molecule has 1 aromatic rings. The largest absolute Gasteiger partial charge is 0.480 e. The lowest BCUT2D eigenvalue weighted by atomic mass is 10.0. The highest BCUT2D eigenvalue weighted by Gasteiger charge is 2.21. The van der Waals surface area contributed by atoms with E-state index in [1.54, 1.807) is 18.2 Å². The van der Waals surface area contributed by atoms with Gasteiger partial charge >= 0.3 is 5.97 Å². The smallest absolute Gasteiger partial charge is 0.326 e. The second-order valence-corrected chi connectivity index (χ2v) is 4.86. The lowest BCUT2D eigenvalue weighted by Crippen LogP contribution is -2.41. The van der Waals surface area contributed by atoms with Crippen LogP contribution in [-0.4, -0.2) is 23.0 Å². The van der Waals surface area contributed by atoms with Gasteiger partial charge in [-0.05, 0) is 31.4 Å². The molecule has 4 heteroatoms. The maximum Gasteiger partial charge on any atom is 0.326 e. The molecule has 0 heterocycles. The molecule has 4 nitrogen and oxygen atoms in total. The standard InChI is InChI=1S/C14H19NO3/c1-9(2)7-12(14(17)18)15-13(16)11-6-4-5-10(3)8-11/h4-6,8-9,12H,7H2,1-3H3,(H,15,16)(H,17,18)/t12-/m0/s1. The third kappa shape index (κ3) is 4.20. The molecule has 0 aliphatic carbocycles. The molecule has 1 rings (SSSR count). The molecule has 1 aromatic carbocycles. The maximum atomic E-state index is 11.9. The number of hydrogen-bond acceptors (Lipinski definition) is 2. The van der Waals surface area contributed by atoms with Crippen LogP contribution in [0.15, 0.2) is 24.3 Å². The zero-order valence-corrected chi connectivity index (χ0v) is 10.9. The van der Waals surface area contributed by atoms with Gasteiger partial charge in [0.25, 0.3) is 5.91 Å². The molecule has 0 fully saturated rings. The highest BCUT2D eigenvalue weighted by molar-refractivity contribution is 5.96. The third-order valence-electron chi connectivity index (χ3n) is 2.59. The van der Waals surface area contributed by atoms with Crippen molar-refractivity contribution in [1.82, 2.24) is 5.32 Å². The minimum atomic E-state index is -0.996. The lowest BCUT2D eigenvalue weighted by Gasteiger charge is -2.16. The van der Waals surface area contributed by atoms with Gasteiger partial charge in [-0.25, -0.2) is 4.79 Å². The number of carboxylic acid groups (broad SMARTS) is 1. The van der Waals surface area contributed by atoms with Crippen LogP contribution in [0.3, 0.4) is 0 Å². The normalized spacial score (nSPS) is 12.2. The minimum absolute atomic E-state index is 0.212. The first kappa shape index (κ1) is 14.2. The van der Waals surface area contributed by atoms with Crippen LogP contribution in [0.25, 0.3) is 0 Å². The van der Waals surface area contributed by atoms with Gasteiger partial charge in [0.2, 0.25) is 0 Å². The zero-order valence-electron chi connectivity index (χ0n) is 10.9. The van der Waals surface area contributed by atoms with Gasteiger partial charge in [-0.2, -0.15) is 0 Å². The van der Waals surface area contributed by atoms with Gasteiger partial charge in [-0.3, -0.25) is 4.79 Å². The summed E-state index contributed by atoms with van der Waals surface area (Å²) in [6.07, 6.45) is 0.424. The van der Waals surface area contributed by atoms with Gasteiger partial charge in [0, 0.05) is 5.56 Å². The molecule has 98 valence electrons. The van der Waals surface area contributed by atoms with E-state index in [9.17, 15) is 9.59 Å². The number of aliphatic carboxylic acids is 1. The van der Waals surface area contributed by atoms with Crippen molar-refractivity contribution in [1.29, 1.82) is 0 Å². The molecule has 0 aliphatic heterocycles. The predicted octanol–water partition coefficient (Wildman–Crippen LogP) is 2.22. The van der Waals surface area contributed by atoms with Crippen molar-refractivity contribution in [3.8, 4) is 0 Å². The van der Waals surface area contributed by atoms with Crippen LogP contribution in [0.4, 0.5) is 0 Å². The number of rotatable bonds is 5. The summed E-state index contributed by atoms with van der Waals surface area (Å²) in [6, 6.07) is 6.25. The molecule has 18 heavy (non-hydrogen) atoms. The van der Waals surface area contributed by atoms with Crippen LogP contribution in [0.5, 0.6) is 0 Å². The van der Waals surface area contributed by atoms with Crippen LogP contribution >= 0.6 is 0 Å². The Hall–Kier alpha value is -1.84. The van der Waals surface area contributed by atoms with E-state index in [2.05, 4.69) is 5.32 Å². The minimum Gasteiger partial charge on any atom is -0.480 e. The molecule has 1 amide bonds. The Morgan fingerprint density at radius 3 is 2.50 bits per heavy atom. The molecule has 0 aromatic heterocycles. The summed E-state index contributed by atoms with van der Waals surface area (Å²) < 4.78 is 0. The van der Waals surface area contributed by atoms with Gasteiger partial charge in [0.1, 0.15) is 6.04 Å². The quantitative estimate of drug-likeness (QED) is 0.841. The monoisotopic (exact) mass is 249 g/mol. The van der Waals surface area contributed by atoms with E-state index in [0.29, 0.717) is 12.0 Å². The summed E-state index contributed by atoms with van der Waals surface area (Å²) in [5.41, 5.74) is 1.46. The van der Waals surface area contributed by atoms with Gasteiger partial charge in [0.15, 0.2) is 0 Å². The Balaban J connectivity index is 2.75. The van der Waals surface area contributed by atoms with E-state index in [0.717, 1.165) is 5.56 Å². The first-order valence-electron chi connectivity index (χ1n) is 6.00. The summed E-state index contributed by atoms with van der Waals surface area (Å²) in [5.74, 6) is -1.12. The number of carbonyl (C=O) groups is 2. The van der Waals surface area contributed by atoms with E-state index < -0.39 is 12.0 Å². The van der Waals surface area contributed by atoms with Gasteiger partial charge in [-0.15, -0.1) is 0 Å². The molecular weight excluding hydrogens is 230 g/mol. The van der Waals surface area contributed by atoms with E-state index >= 15 is 0 Å². The van der Waals surface area contributed by atoms with Crippen molar-refractivity contribution >= 4 is 11.9 Å². The average molecular weight is 249 g/mol. The topological polar surface area (TPSA) is 66.4 Å². The molecular formula is C14H19NO3. The second kappa shape index (κ2) is 6.19. The highest BCUT2D eigenvalue weighted by atomic mass is 16.4. The molecule has 0 radical (unpaired) electrons. The number of amides is 1. The van der Waals surface area contributed by atoms with E-state index in [4.69, 9.17) is 5.11 Å². The Labute approximate surface area is 107 Å². The second-order valence-electron chi connectivity index (χ2n) is 4.86. The molecule has 0 aliphatic rings. The van der Waals surface area contributed by atoms with Gasteiger partial charge in [-0.1, -0.05) is 31.5 Å². The summed E-state index contributed by atoms with van der Waals surface area (Å²) in [6.45, 7) is 5.74. The maximum absolute atomic E-state index is 11.9. The first-order chi connectivity index (χ1) is 8.40. The third-order valence-corrected chi connectivity index (χ3v) is 2.59. The van der Waals surface area contributed by atoms with Crippen LogP contribution in [-0.2, 0) is 4.79 Å². The van der Waals surface area contributed by atoms with Crippen molar-refractivity contribution in [2.24, 2.45) is 5.92 Å². The van der Waals surface area contributed by atoms with Crippen LogP contribution in [0.2, 0.25) is 0 Å². The number of benzene rings is 1. The summed E-state index contributed by atoms with van der Waals surface area (Å²) >= 11 is 0. The molecule has 0 saturated heterocycles. The van der Waals surface area contributed by atoms with Crippen LogP contribution in [0.1, 0.15) is 36.2 Å².